The van der Waals surface area contributed by atoms with Crippen LogP contribution in [-0.2, 0) is 6.42 Å². The van der Waals surface area contributed by atoms with Crippen molar-refractivity contribution in [3.05, 3.63) is 51.2 Å². The van der Waals surface area contributed by atoms with Crippen molar-refractivity contribution in [2.24, 2.45) is 0 Å². The van der Waals surface area contributed by atoms with Crippen molar-refractivity contribution in [1.82, 2.24) is 0 Å². The minimum Gasteiger partial charge on any atom is -0.378 e. The molecule has 1 atom stereocenters. The molecular weight excluding hydrogens is 250 g/mol. The van der Waals surface area contributed by atoms with Crippen molar-refractivity contribution in [3.63, 3.8) is 0 Å². The third kappa shape index (κ3) is 3.24. The molecule has 1 nitrogen and oxygen atoms in total. The summed E-state index contributed by atoms with van der Waals surface area (Å²) in [5, 5.41) is 5.57. The number of benzene rings is 1. The van der Waals surface area contributed by atoms with Crippen molar-refractivity contribution in [2.75, 3.05) is 5.32 Å². The fourth-order valence-electron chi connectivity index (χ4n) is 1.72. The number of aryl methyl sites for hydroxylation is 1. The van der Waals surface area contributed by atoms with E-state index in [1.807, 2.05) is 6.07 Å². The van der Waals surface area contributed by atoms with Crippen LogP contribution in [0.1, 0.15) is 31.0 Å². The van der Waals surface area contributed by atoms with Gasteiger partial charge in [-0.15, -0.1) is 11.3 Å². The Kier molecular flexibility index (Phi) is 4.08. The van der Waals surface area contributed by atoms with E-state index in [-0.39, 0.29) is 6.04 Å². The minimum absolute atomic E-state index is 0.284. The van der Waals surface area contributed by atoms with E-state index in [0.717, 1.165) is 16.4 Å². The van der Waals surface area contributed by atoms with E-state index in [9.17, 15) is 0 Å². The smallest absolute Gasteiger partial charge is 0.0931 e. The maximum absolute atomic E-state index is 5.94. The maximum atomic E-state index is 5.94. The molecule has 0 spiro atoms. The summed E-state index contributed by atoms with van der Waals surface area (Å²) in [7, 11) is 0. The van der Waals surface area contributed by atoms with Gasteiger partial charge in [0.15, 0.2) is 0 Å². The van der Waals surface area contributed by atoms with Gasteiger partial charge in [-0.3, -0.25) is 0 Å². The van der Waals surface area contributed by atoms with Crippen molar-refractivity contribution in [1.29, 1.82) is 0 Å². The van der Waals surface area contributed by atoms with E-state index in [2.05, 4.69) is 48.8 Å². The third-order valence-electron chi connectivity index (χ3n) is 2.83. The molecule has 0 radical (unpaired) electrons. The van der Waals surface area contributed by atoms with Gasteiger partial charge in [-0.2, -0.15) is 0 Å². The van der Waals surface area contributed by atoms with Gasteiger partial charge in [0.25, 0.3) is 0 Å². The lowest BCUT2D eigenvalue weighted by atomic mass is 10.1. The highest BCUT2D eigenvalue weighted by Crippen LogP contribution is 2.27. The fraction of sp³-hybridized carbons (Fsp3) is 0.286. The Labute approximate surface area is 111 Å². The Morgan fingerprint density at radius 3 is 2.53 bits per heavy atom. The van der Waals surface area contributed by atoms with Crippen LogP contribution in [0.15, 0.2) is 35.7 Å². The van der Waals surface area contributed by atoms with Crippen LogP contribution in [-0.4, -0.2) is 0 Å². The second-order valence-corrected chi connectivity index (χ2v) is 5.64. The molecule has 1 N–H and O–H groups in total. The molecule has 0 aliphatic heterocycles. The molecule has 0 aliphatic carbocycles. The molecule has 0 amide bonds. The van der Waals surface area contributed by atoms with Crippen LogP contribution in [0.3, 0.4) is 0 Å². The molecule has 90 valence electrons. The summed E-state index contributed by atoms with van der Waals surface area (Å²) in [5.41, 5.74) is 3.75. The van der Waals surface area contributed by atoms with Crippen molar-refractivity contribution in [2.45, 2.75) is 26.3 Å². The molecule has 2 aromatic rings. The van der Waals surface area contributed by atoms with E-state index in [0.29, 0.717) is 0 Å². The third-order valence-corrected chi connectivity index (χ3v) is 3.94. The predicted molar refractivity (Wildman–Crippen MR) is 77.2 cm³/mol. The van der Waals surface area contributed by atoms with E-state index < -0.39 is 0 Å². The summed E-state index contributed by atoms with van der Waals surface area (Å²) in [6.45, 7) is 4.31. The van der Waals surface area contributed by atoms with Gasteiger partial charge < -0.3 is 5.32 Å². The van der Waals surface area contributed by atoms with Gasteiger partial charge in [-0.05, 0) is 48.1 Å². The highest BCUT2D eigenvalue weighted by Gasteiger charge is 2.07. The predicted octanol–water partition coefficient (Wildman–Crippen LogP) is 5.14. The first-order chi connectivity index (χ1) is 8.19. The second kappa shape index (κ2) is 5.56. The highest BCUT2D eigenvalue weighted by atomic mass is 35.5. The first-order valence-corrected chi connectivity index (χ1v) is 7.04. The Morgan fingerprint density at radius 2 is 2.00 bits per heavy atom. The largest absolute Gasteiger partial charge is 0.378 e. The maximum Gasteiger partial charge on any atom is 0.0931 e. The zero-order chi connectivity index (χ0) is 12.3. The van der Waals surface area contributed by atoms with Gasteiger partial charge in [-0.1, -0.05) is 30.7 Å². The molecule has 0 aliphatic rings. The number of hydrogen-bond acceptors (Lipinski definition) is 2. The monoisotopic (exact) mass is 265 g/mol. The van der Waals surface area contributed by atoms with Gasteiger partial charge in [0.2, 0.25) is 0 Å². The molecule has 2 rings (SSSR count). The molecular formula is C14H16ClNS. The lowest BCUT2D eigenvalue weighted by molar-refractivity contribution is 0.890. The Bertz CT molecular complexity index is 475. The van der Waals surface area contributed by atoms with Gasteiger partial charge in [-0.25, -0.2) is 0 Å². The Hall–Kier alpha value is -0.990. The first-order valence-electron chi connectivity index (χ1n) is 5.78. The number of rotatable bonds is 4. The lowest BCUT2D eigenvalue weighted by Gasteiger charge is -2.14. The van der Waals surface area contributed by atoms with Crippen LogP contribution >= 0.6 is 22.9 Å². The quantitative estimate of drug-likeness (QED) is 0.807. The van der Waals surface area contributed by atoms with Gasteiger partial charge in [0.1, 0.15) is 0 Å². The molecule has 0 saturated heterocycles. The standard InChI is InChI=1S/C14H16ClNS/c1-3-11-4-6-13(7-5-11)16-10(2)12-8-14(15)17-9-12/h4-10,16H,3H2,1-2H3. The van der Waals surface area contributed by atoms with Crippen LogP contribution in [0.2, 0.25) is 4.34 Å². The molecule has 0 bridgehead atoms. The summed E-state index contributed by atoms with van der Waals surface area (Å²) in [6.07, 6.45) is 1.08. The number of anilines is 1. The Balaban J connectivity index is 2.04. The summed E-state index contributed by atoms with van der Waals surface area (Å²) in [6, 6.07) is 10.9. The normalized spacial score (nSPS) is 12.4. The van der Waals surface area contributed by atoms with Crippen LogP contribution in [0.5, 0.6) is 0 Å². The molecule has 3 heteroatoms. The number of hydrogen-bond donors (Lipinski definition) is 1. The molecule has 17 heavy (non-hydrogen) atoms. The van der Waals surface area contributed by atoms with Crippen LogP contribution < -0.4 is 5.32 Å². The molecule has 1 unspecified atom stereocenters. The number of thiophene rings is 1. The molecule has 0 fully saturated rings. The van der Waals surface area contributed by atoms with Gasteiger partial charge in [0, 0.05) is 11.7 Å². The van der Waals surface area contributed by atoms with Crippen molar-refractivity contribution >= 4 is 28.6 Å². The summed E-state index contributed by atoms with van der Waals surface area (Å²) in [4.78, 5) is 0. The van der Waals surface area contributed by atoms with E-state index >= 15 is 0 Å². The average molecular weight is 266 g/mol. The summed E-state index contributed by atoms with van der Waals surface area (Å²) >= 11 is 7.51. The molecule has 0 saturated carbocycles. The molecule has 1 aromatic heterocycles. The van der Waals surface area contributed by atoms with Crippen LogP contribution in [0.25, 0.3) is 0 Å². The summed E-state index contributed by atoms with van der Waals surface area (Å²) in [5.74, 6) is 0. The van der Waals surface area contributed by atoms with Crippen LogP contribution in [0.4, 0.5) is 5.69 Å². The zero-order valence-corrected chi connectivity index (χ0v) is 11.6. The number of halogens is 1. The minimum atomic E-state index is 0.284. The highest BCUT2D eigenvalue weighted by molar-refractivity contribution is 7.14. The average Bonchev–Trinajstić information content (AvgIpc) is 2.77. The zero-order valence-electron chi connectivity index (χ0n) is 10.0. The van der Waals surface area contributed by atoms with Crippen molar-refractivity contribution in [3.8, 4) is 0 Å². The first kappa shape index (κ1) is 12.5. The molecule has 1 heterocycles. The van der Waals surface area contributed by atoms with E-state index in [1.54, 1.807) is 11.3 Å². The topological polar surface area (TPSA) is 12.0 Å². The summed E-state index contributed by atoms with van der Waals surface area (Å²) < 4.78 is 0.843. The fourth-order valence-corrected chi connectivity index (χ4v) is 2.71. The second-order valence-electron chi connectivity index (χ2n) is 4.10. The van der Waals surface area contributed by atoms with E-state index in [1.165, 1.54) is 11.1 Å². The van der Waals surface area contributed by atoms with Gasteiger partial charge in [0.05, 0.1) is 4.34 Å². The van der Waals surface area contributed by atoms with Crippen LogP contribution in [0, 0.1) is 0 Å². The lowest BCUT2D eigenvalue weighted by Crippen LogP contribution is -2.05. The van der Waals surface area contributed by atoms with Crippen molar-refractivity contribution < 1.29 is 0 Å². The number of nitrogens with one attached hydrogen (secondary N) is 1. The SMILES string of the molecule is CCc1ccc(NC(C)c2csc(Cl)c2)cc1. The Morgan fingerprint density at radius 1 is 1.29 bits per heavy atom. The van der Waals surface area contributed by atoms with E-state index in [4.69, 9.17) is 11.6 Å². The van der Waals surface area contributed by atoms with Gasteiger partial charge >= 0.3 is 0 Å². The molecule has 1 aromatic carbocycles.